The molecule has 2 aromatic rings. The predicted octanol–water partition coefficient (Wildman–Crippen LogP) is 5.32. The van der Waals surface area contributed by atoms with Crippen molar-refractivity contribution in [2.24, 2.45) is 0 Å². The number of carbonyl (C=O) groups is 2. The number of rotatable bonds is 8. The first-order valence-corrected chi connectivity index (χ1v) is 10.4. The monoisotopic (exact) mass is 445 g/mol. The third kappa shape index (κ3) is 5.35. The third-order valence-corrected chi connectivity index (χ3v) is 5.10. The lowest BCUT2D eigenvalue weighted by atomic mass is 10.2. The lowest BCUT2D eigenvalue weighted by Crippen LogP contribution is -2.24. The molecule has 1 aliphatic heterocycles. The van der Waals surface area contributed by atoms with Gasteiger partial charge in [-0.15, -0.1) is 0 Å². The number of hydrogen-bond acceptors (Lipinski definition) is 4. The minimum atomic E-state index is -0.323. The molecule has 0 bridgehead atoms. The van der Waals surface area contributed by atoms with Gasteiger partial charge in [-0.25, -0.2) is 4.79 Å². The minimum Gasteiger partial charge on any atom is -0.462 e. The molecule has 1 aliphatic rings. The zero-order valence-electron chi connectivity index (χ0n) is 15.9. The molecule has 0 saturated carbocycles. The summed E-state index contributed by atoms with van der Waals surface area (Å²) in [4.78, 5) is 25.8. The Morgan fingerprint density at radius 1 is 1.18 bits per heavy atom. The van der Waals surface area contributed by atoms with Gasteiger partial charge in [0.15, 0.2) is 0 Å². The number of amides is 1. The lowest BCUT2D eigenvalue weighted by Gasteiger charge is -2.18. The summed E-state index contributed by atoms with van der Waals surface area (Å²) < 4.78 is 12.2. The molecule has 5 nitrogen and oxygen atoms in total. The Morgan fingerprint density at radius 3 is 2.64 bits per heavy atom. The van der Waals surface area contributed by atoms with Crippen molar-refractivity contribution in [2.75, 3.05) is 13.2 Å². The third-order valence-electron chi connectivity index (χ3n) is 4.61. The smallest absolute Gasteiger partial charge is 0.338 e. The number of ether oxygens (including phenoxy) is 2. The average molecular weight is 446 g/mol. The van der Waals surface area contributed by atoms with E-state index in [9.17, 15) is 9.59 Å². The Kier molecular flexibility index (Phi) is 7.09. The summed E-state index contributed by atoms with van der Waals surface area (Å²) in [6.07, 6.45) is 3.36. The lowest BCUT2D eigenvalue weighted by molar-refractivity contribution is -0.128. The topological polar surface area (TPSA) is 55.8 Å². The second kappa shape index (κ2) is 9.73. The van der Waals surface area contributed by atoms with E-state index in [1.54, 1.807) is 24.3 Å². The Bertz CT molecular complexity index is 835. The first kappa shape index (κ1) is 20.4. The van der Waals surface area contributed by atoms with Crippen LogP contribution in [0.3, 0.4) is 0 Å². The second-order valence-electron chi connectivity index (χ2n) is 6.79. The van der Waals surface area contributed by atoms with Gasteiger partial charge in [0.25, 0.3) is 0 Å². The summed E-state index contributed by atoms with van der Waals surface area (Å²) >= 11 is 3.47. The summed E-state index contributed by atoms with van der Waals surface area (Å²) in [7, 11) is 0. The maximum Gasteiger partial charge on any atom is 0.338 e. The Hall–Kier alpha value is -2.34. The molecule has 0 radical (unpaired) electrons. The maximum absolute atomic E-state index is 12.0. The normalized spacial score (nSPS) is 13.6. The number of hydrogen-bond donors (Lipinski definition) is 0. The SMILES string of the molecule is CCCCOC(=O)c1ccc(Oc2cc(Br)ccc2CN2CCCC2=O)cc1. The van der Waals surface area contributed by atoms with Gasteiger partial charge in [-0.3, -0.25) is 4.79 Å². The van der Waals surface area contributed by atoms with Crippen LogP contribution in [0, 0.1) is 0 Å². The second-order valence-corrected chi connectivity index (χ2v) is 7.70. The molecule has 0 N–H and O–H groups in total. The minimum absolute atomic E-state index is 0.180. The van der Waals surface area contributed by atoms with Gasteiger partial charge in [-0.2, -0.15) is 0 Å². The van der Waals surface area contributed by atoms with E-state index < -0.39 is 0 Å². The molecule has 6 heteroatoms. The number of halogens is 1. The van der Waals surface area contributed by atoms with Gasteiger partial charge in [-0.05, 0) is 49.2 Å². The summed E-state index contributed by atoms with van der Waals surface area (Å²) in [5.41, 5.74) is 1.45. The van der Waals surface area contributed by atoms with Crippen LogP contribution >= 0.6 is 15.9 Å². The molecule has 0 spiro atoms. The fourth-order valence-corrected chi connectivity index (χ4v) is 3.35. The first-order valence-electron chi connectivity index (χ1n) is 9.58. The number of esters is 1. The summed E-state index contributed by atoms with van der Waals surface area (Å²) in [6, 6.07) is 12.7. The van der Waals surface area contributed by atoms with Crippen molar-refractivity contribution in [3.05, 3.63) is 58.1 Å². The fourth-order valence-electron chi connectivity index (χ4n) is 3.01. The van der Waals surface area contributed by atoms with E-state index in [-0.39, 0.29) is 11.9 Å². The number of carbonyl (C=O) groups excluding carboxylic acids is 2. The molecule has 148 valence electrons. The van der Waals surface area contributed by atoms with Gasteiger partial charge in [-0.1, -0.05) is 35.3 Å². The Morgan fingerprint density at radius 2 is 1.96 bits per heavy atom. The molecule has 1 saturated heterocycles. The molecule has 1 heterocycles. The van der Waals surface area contributed by atoms with Crippen LogP contribution in [-0.4, -0.2) is 29.9 Å². The summed E-state index contributed by atoms with van der Waals surface area (Å²) in [5.74, 6) is 1.17. The molecule has 1 fully saturated rings. The fraction of sp³-hybridized carbons (Fsp3) is 0.364. The van der Waals surface area contributed by atoms with E-state index in [0.717, 1.165) is 35.8 Å². The van der Waals surface area contributed by atoms with Crippen molar-refractivity contribution >= 4 is 27.8 Å². The number of benzene rings is 2. The van der Waals surface area contributed by atoms with Gasteiger partial charge in [0, 0.05) is 29.5 Å². The highest BCUT2D eigenvalue weighted by Crippen LogP contribution is 2.30. The molecule has 3 rings (SSSR count). The highest BCUT2D eigenvalue weighted by molar-refractivity contribution is 9.10. The summed E-state index contributed by atoms with van der Waals surface area (Å²) in [5, 5.41) is 0. The van der Waals surface area contributed by atoms with Crippen LogP contribution < -0.4 is 4.74 Å². The molecule has 0 atom stereocenters. The Labute approximate surface area is 173 Å². The largest absolute Gasteiger partial charge is 0.462 e. The van der Waals surface area contributed by atoms with Crippen LogP contribution in [0.4, 0.5) is 0 Å². The van der Waals surface area contributed by atoms with Crippen LogP contribution in [0.1, 0.15) is 48.5 Å². The van der Waals surface area contributed by atoms with Crippen molar-refractivity contribution in [2.45, 2.75) is 39.2 Å². The van der Waals surface area contributed by atoms with E-state index in [1.807, 2.05) is 23.1 Å². The van der Waals surface area contributed by atoms with Crippen LogP contribution in [0.15, 0.2) is 46.9 Å². The van der Waals surface area contributed by atoms with Crippen molar-refractivity contribution in [3.63, 3.8) is 0 Å². The van der Waals surface area contributed by atoms with E-state index in [1.165, 1.54) is 0 Å². The van der Waals surface area contributed by atoms with Gasteiger partial charge >= 0.3 is 5.97 Å². The molecular weight excluding hydrogens is 422 g/mol. The van der Waals surface area contributed by atoms with Gasteiger partial charge in [0.2, 0.25) is 5.91 Å². The predicted molar refractivity (Wildman–Crippen MR) is 110 cm³/mol. The first-order chi connectivity index (χ1) is 13.6. The van der Waals surface area contributed by atoms with E-state index >= 15 is 0 Å². The highest BCUT2D eigenvalue weighted by Gasteiger charge is 2.21. The van der Waals surface area contributed by atoms with Crippen LogP contribution in [0.2, 0.25) is 0 Å². The van der Waals surface area contributed by atoms with Crippen LogP contribution in [-0.2, 0) is 16.1 Å². The molecule has 0 unspecified atom stereocenters. The standard InChI is InChI=1S/C22H24BrNO4/c1-2-3-13-27-22(26)16-7-10-19(11-8-16)28-20-14-18(23)9-6-17(20)15-24-12-4-5-21(24)25/h6-11,14H,2-5,12-13,15H2,1H3. The van der Waals surface area contributed by atoms with Gasteiger partial charge < -0.3 is 14.4 Å². The van der Waals surface area contributed by atoms with E-state index in [2.05, 4.69) is 22.9 Å². The van der Waals surface area contributed by atoms with Crippen molar-refractivity contribution < 1.29 is 19.1 Å². The number of nitrogens with zero attached hydrogens (tertiary/aromatic N) is 1. The zero-order valence-corrected chi connectivity index (χ0v) is 17.5. The molecule has 2 aromatic carbocycles. The van der Waals surface area contributed by atoms with E-state index in [0.29, 0.717) is 36.6 Å². The van der Waals surface area contributed by atoms with Crippen LogP contribution in [0.5, 0.6) is 11.5 Å². The van der Waals surface area contributed by atoms with Gasteiger partial charge in [0.05, 0.1) is 12.2 Å². The summed E-state index contributed by atoms with van der Waals surface area (Å²) in [6.45, 7) is 3.80. The zero-order chi connectivity index (χ0) is 19.9. The highest BCUT2D eigenvalue weighted by atomic mass is 79.9. The molecule has 1 amide bonds. The number of unbranched alkanes of at least 4 members (excludes halogenated alkanes) is 1. The van der Waals surface area contributed by atoms with E-state index in [4.69, 9.17) is 9.47 Å². The quantitative estimate of drug-likeness (QED) is 0.407. The Balaban J connectivity index is 1.69. The average Bonchev–Trinajstić information content (AvgIpc) is 3.09. The molecule has 0 aromatic heterocycles. The molecule has 0 aliphatic carbocycles. The van der Waals surface area contributed by atoms with Crippen molar-refractivity contribution in [1.82, 2.24) is 4.90 Å². The van der Waals surface area contributed by atoms with Crippen molar-refractivity contribution in [1.29, 1.82) is 0 Å². The molecular formula is C22H24BrNO4. The molecule has 28 heavy (non-hydrogen) atoms. The van der Waals surface area contributed by atoms with Gasteiger partial charge in [0.1, 0.15) is 11.5 Å². The van der Waals surface area contributed by atoms with Crippen LogP contribution in [0.25, 0.3) is 0 Å². The van der Waals surface area contributed by atoms with Crippen molar-refractivity contribution in [3.8, 4) is 11.5 Å². The maximum atomic E-state index is 12.0. The number of likely N-dealkylation sites (tertiary alicyclic amines) is 1.